The standard InChI is InChI=1S/C20H32O4/c1-2-3-4-5-6-9-13-18(21)14-10-7-8-11-15-19(22)16-12-17-20(23)24/h6-11,14-15,18-19,21-22H,2-5,12-13,16-17H2,1H3,(H,23,24)/b8-7+,9-6-,14-10+,15-11-/t18-,19-/m0/s1/i6T,7T,8T,9T,14T,15T,18T,19T. The van der Waals surface area contributed by atoms with Gasteiger partial charge in [-0.05, 0) is 32.1 Å². The highest BCUT2D eigenvalue weighted by Crippen LogP contribution is 2.03. The Morgan fingerprint density at radius 3 is 2.38 bits per heavy atom. The fourth-order valence-corrected chi connectivity index (χ4v) is 1.55. The molecule has 3 N–H and O–H groups in total. The Morgan fingerprint density at radius 2 is 1.75 bits per heavy atom. The average Bonchev–Trinajstić information content (AvgIpc) is 2.66. The topological polar surface area (TPSA) is 77.8 Å². The zero-order valence-electron chi connectivity index (χ0n) is 22.1. The van der Waals surface area contributed by atoms with Gasteiger partial charge in [-0.3, -0.25) is 4.79 Å². The lowest BCUT2D eigenvalue weighted by molar-refractivity contribution is -0.137. The molecular formula is C20H32O4. The lowest BCUT2D eigenvalue weighted by Crippen LogP contribution is -2.03. The molecular weight excluding hydrogens is 304 g/mol. The molecule has 0 heterocycles. The molecule has 4 heteroatoms. The Balaban J connectivity index is 5.45. The molecule has 24 heavy (non-hydrogen) atoms. The molecule has 0 fully saturated rings. The first-order chi connectivity index (χ1) is 14.6. The summed E-state index contributed by atoms with van der Waals surface area (Å²) in [6.07, 6.45) is -2.21. The van der Waals surface area contributed by atoms with Crippen LogP contribution in [0.4, 0.5) is 0 Å². The second-order valence-corrected chi connectivity index (χ2v) is 4.99. The molecule has 0 spiro atoms. The van der Waals surface area contributed by atoms with Crippen molar-refractivity contribution in [1.29, 1.82) is 0 Å². The second kappa shape index (κ2) is 16.2. The maximum absolute atomic E-state index is 10.5. The fraction of sp³-hybridized carbons (Fsp3) is 0.550. The van der Waals surface area contributed by atoms with Crippen molar-refractivity contribution in [2.75, 3.05) is 0 Å². The molecule has 136 valence electrons. The lowest BCUT2D eigenvalue weighted by atomic mass is 10.1. The molecule has 0 saturated carbocycles. The van der Waals surface area contributed by atoms with Crippen molar-refractivity contribution in [2.24, 2.45) is 0 Å². The van der Waals surface area contributed by atoms with Gasteiger partial charge >= 0.3 is 5.97 Å². The number of carboxylic acids is 1. The number of hydrogen-bond donors (Lipinski definition) is 3. The van der Waals surface area contributed by atoms with Crippen LogP contribution >= 0.6 is 0 Å². The molecule has 2 atom stereocenters. The van der Waals surface area contributed by atoms with Gasteiger partial charge in [0.2, 0.25) is 0 Å². The molecule has 0 rings (SSSR count). The highest BCUT2D eigenvalue weighted by atomic mass is 16.4. The van der Waals surface area contributed by atoms with Gasteiger partial charge < -0.3 is 15.3 Å². The third-order valence-corrected chi connectivity index (χ3v) is 2.80. The molecule has 0 aromatic heterocycles. The van der Waals surface area contributed by atoms with Gasteiger partial charge in [-0.25, -0.2) is 0 Å². The summed E-state index contributed by atoms with van der Waals surface area (Å²) in [6.45, 7) is 1.99. The molecule has 0 saturated heterocycles. The predicted molar refractivity (Wildman–Crippen MR) is 98.8 cm³/mol. The number of unbranched alkanes of at least 4 members (excludes halogenated alkanes) is 2. The maximum atomic E-state index is 10.5. The average molecular weight is 353 g/mol. The van der Waals surface area contributed by atoms with Crippen LogP contribution in [0.5, 0.6) is 0 Å². The van der Waals surface area contributed by atoms with E-state index in [1.807, 2.05) is 6.92 Å². The summed E-state index contributed by atoms with van der Waals surface area (Å²) >= 11 is 0. The van der Waals surface area contributed by atoms with E-state index in [2.05, 4.69) is 0 Å². The molecule has 0 aliphatic rings. The molecule has 0 aromatic carbocycles. The summed E-state index contributed by atoms with van der Waals surface area (Å²) in [7, 11) is 0. The molecule has 0 bridgehead atoms. The molecule has 0 radical (unpaired) electrons. The number of allylic oxidation sites excluding steroid dienone is 5. The third kappa shape index (κ3) is 16.7. The van der Waals surface area contributed by atoms with Crippen LogP contribution < -0.4 is 0 Å². The monoisotopic (exact) mass is 352 g/mol. The van der Waals surface area contributed by atoms with E-state index in [0.717, 1.165) is 12.8 Å². The lowest BCUT2D eigenvalue weighted by Gasteiger charge is -2.02. The Kier molecular flexibility index (Phi) is 7.99. The number of aliphatic hydroxyl groups is 2. The van der Waals surface area contributed by atoms with Crippen LogP contribution in [0.25, 0.3) is 0 Å². The Morgan fingerprint density at radius 1 is 1.08 bits per heavy atom. The second-order valence-electron chi connectivity index (χ2n) is 4.99. The summed E-state index contributed by atoms with van der Waals surface area (Å²) in [5, 5.41) is 28.7. The van der Waals surface area contributed by atoms with Gasteiger partial charge in [-0.2, -0.15) is 0 Å². The SMILES string of the molecule is [3H]/C(=C/C([3H])=C([3H])/C=C(\[3H])[C@@]([3H])(O)C/C([3H])=C(/[3H])CCCCC)[C@]([3H])(O)CCCC(=O)O. The number of hydrogen-bond acceptors (Lipinski definition) is 3. The van der Waals surface area contributed by atoms with E-state index in [-0.39, 0.29) is 31.4 Å². The first kappa shape index (κ1) is 11.8. The molecule has 0 unspecified atom stereocenters. The van der Waals surface area contributed by atoms with E-state index < -0.39 is 48.8 Å². The summed E-state index contributed by atoms with van der Waals surface area (Å²) in [5.74, 6) is -1.12. The highest BCUT2D eigenvalue weighted by molar-refractivity contribution is 5.66. The molecule has 4 nitrogen and oxygen atoms in total. The number of rotatable bonds is 14. The summed E-state index contributed by atoms with van der Waals surface area (Å²) < 4.78 is 62.5. The van der Waals surface area contributed by atoms with Crippen molar-refractivity contribution >= 4 is 5.97 Å². The van der Waals surface area contributed by atoms with Crippen LogP contribution in [-0.4, -0.2) is 33.4 Å². The van der Waals surface area contributed by atoms with Gasteiger partial charge in [0.05, 0.1) is 23.1 Å². The minimum atomic E-state index is -2.60. The van der Waals surface area contributed by atoms with E-state index in [4.69, 9.17) is 16.1 Å². The Bertz CT molecular complexity index is 770. The van der Waals surface area contributed by atoms with E-state index in [0.29, 0.717) is 25.0 Å². The van der Waals surface area contributed by atoms with Gasteiger partial charge in [-0.1, -0.05) is 68.2 Å². The molecule has 0 aromatic rings. The number of aliphatic carboxylic acids is 1. The van der Waals surface area contributed by atoms with Crippen molar-refractivity contribution in [3.05, 3.63) is 48.5 Å². The summed E-state index contributed by atoms with van der Waals surface area (Å²) in [4.78, 5) is 10.5. The van der Waals surface area contributed by atoms with Gasteiger partial charge in [0.15, 0.2) is 0 Å². The minimum absolute atomic E-state index is 0.0424. The van der Waals surface area contributed by atoms with E-state index >= 15 is 0 Å². The Hall–Kier alpha value is -1.65. The summed E-state index contributed by atoms with van der Waals surface area (Å²) in [6, 6.07) is -3.22. The van der Waals surface area contributed by atoms with E-state index in [1.165, 1.54) is 0 Å². The highest BCUT2D eigenvalue weighted by Gasteiger charge is 2.01. The third-order valence-electron chi connectivity index (χ3n) is 2.80. The first-order valence-electron chi connectivity index (χ1n) is 12.0. The molecule has 0 aliphatic carbocycles. The summed E-state index contributed by atoms with van der Waals surface area (Å²) in [5.41, 5.74) is 0. The van der Waals surface area contributed by atoms with Crippen molar-refractivity contribution in [3.8, 4) is 0 Å². The van der Waals surface area contributed by atoms with Crippen LogP contribution in [0, 0.1) is 0 Å². The normalized spacial score (nSPS) is 25.0. The number of carboxylic acid groups (broad SMARTS) is 1. The zero-order valence-corrected chi connectivity index (χ0v) is 14.1. The smallest absolute Gasteiger partial charge is 0.303 e. The van der Waals surface area contributed by atoms with Crippen LogP contribution in [0.3, 0.4) is 0 Å². The van der Waals surface area contributed by atoms with Gasteiger partial charge in [0.1, 0.15) is 0 Å². The van der Waals surface area contributed by atoms with Gasteiger partial charge in [0, 0.05) is 6.42 Å². The predicted octanol–water partition coefficient (Wildman–Crippen LogP) is 4.16. The van der Waals surface area contributed by atoms with Crippen molar-refractivity contribution < 1.29 is 31.1 Å². The van der Waals surface area contributed by atoms with Gasteiger partial charge in [0.25, 0.3) is 0 Å². The van der Waals surface area contributed by atoms with Gasteiger partial charge in [-0.15, -0.1) is 0 Å². The quantitative estimate of drug-likeness (QED) is 0.249. The molecule has 0 amide bonds. The van der Waals surface area contributed by atoms with Crippen LogP contribution in [0.1, 0.15) is 69.3 Å². The van der Waals surface area contributed by atoms with Crippen LogP contribution in [0.2, 0.25) is 0 Å². The minimum Gasteiger partial charge on any atom is -0.481 e. The van der Waals surface area contributed by atoms with Crippen molar-refractivity contribution in [1.82, 2.24) is 0 Å². The van der Waals surface area contributed by atoms with Crippen LogP contribution in [-0.2, 0) is 4.79 Å². The number of carbonyl (C=O) groups is 1. The largest absolute Gasteiger partial charge is 0.481 e. The fourth-order valence-electron chi connectivity index (χ4n) is 1.55. The van der Waals surface area contributed by atoms with E-state index in [9.17, 15) is 15.0 Å². The van der Waals surface area contributed by atoms with E-state index in [1.54, 1.807) is 0 Å². The molecule has 0 aliphatic heterocycles. The maximum Gasteiger partial charge on any atom is 0.303 e. The first-order valence-corrected chi connectivity index (χ1v) is 8.00. The Labute approximate surface area is 157 Å². The van der Waals surface area contributed by atoms with Crippen molar-refractivity contribution in [3.63, 3.8) is 0 Å². The zero-order chi connectivity index (χ0) is 25.1. The van der Waals surface area contributed by atoms with Crippen molar-refractivity contribution in [2.45, 2.75) is 70.5 Å². The van der Waals surface area contributed by atoms with Crippen LogP contribution in [0.15, 0.2) is 48.5 Å².